The third-order valence-corrected chi connectivity index (χ3v) is 9.89. The molecule has 0 bridgehead atoms. The van der Waals surface area contributed by atoms with Gasteiger partial charge in [0.2, 0.25) is 0 Å². The molecule has 0 aromatic rings. The number of ether oxygens (including phenoxy) is 1. The smallest absolute Gasteiger partial charge is 0.308 e. The van der Waals surface area contributed by atoms with Crippen LogP contribution in [0.15, 0.2) is 0 Å². The minimum Gasteiger partial charge on any atom is -0.465 e. The van der Waals surface area contributed by atoms with Gasteiger partial charge in [-0.15, -0.1) is 0 Å². The van der Waals surface area contributed by atoms with E-state index in [1.807, 2.05) is 0 Å². The van der Waals surface area contributed by atoms with E-state index in [-0.39, 0.29) is 11.9 Å². The van der Waals surface area contributed by atoms with Crippen LogP contribution in [0.4, 0.5) is 0 Å². The molecule has 0 saturated carbocycles. The molecule has 0 spiro atoms. The molecule has 2 heteroatoms. The Balaban J connectivity index is 3.88. The number of hydrogen-bond acceptors (Lipinski definition) is 2. The maximum Gasteiger partial charge on any atom is 0.308 e. The Labute approximate surface area is 279 Å². The lowest BCUT2D eigenvalue weighted by atomic mass is 9.94. The minimum atomic E-state index is 0.114. The standard InChI is InChI=1S/C42H84O2/c1-4-7-10-13-16-18-20-22-24-26-28-30-33-36-39-41(38-35-32-15-12-9-6-3)42(43)44-40-37-34-31-29-27-25-23-21-19-17-14-11-8-5-2/h41H,4-40H2,1-3H3. The largest absolute Gasteiger partial charge is 0.465 e. The number of rotatable bonds is 38. The van der Waals surface area contributed by atoms with E-state index >= 15 is 0 Å². The average molecular weight is 621 g/mol. The summed E-state index contributed by atoms with van der Waals surface area (Å²) in [5, 5.41) is 0. The Kier molecular flexibility index (Phi) is 38.2. The molecule has 0 aromatic heterocycles. The summed E-state index contributed by atoms with van der Waals surface area (Å²) < 4.78 is 5.84. The third-order valence-electron chi connectivity index (χ3n) is 9.89. The van der Waals surface area contributed by atoms with E-state index < -0.39 is 0 Å². The van der Waals surface area contributed by atoms with Gasteiger partial charge in [0, 0.05) is 0 Å². The third kappa shape index (κ3) is 34.3. The SMILES string of the molecule is CCCCCCCCCCCCCCCCOC(=O)C(CCCCCCCC)CCCCCCCCCCCCCCCC. The highest BCUT2D eigenvalue weighted by molar-refractivity contribution is 5.72. The van der Waals surface area contributed by atoms with Crippen molar-refractivity contribution in [3.05, 3.63) is 0 Å². The predicted octanol–water partition coefficient (Wildman–Crippen LogP) is 15.2. The van der Waals surface area contributed by atoms with Crippen molar-refractivity contribution in [2.75, 3.05) is 6.61 Å². The second-order valence-corrected chi connectivity index (χ2v) is 14.4. The zero-order valence-corrected chi connectivity index (χ0v) is 31.1. The Hall–Kier alpha value is -0.530. The van der Waals surface area contributed by atoms with Crippen LogP contribution in [-0.2, 0) is 9.53 Å². The zero-order valence-electron chi connectivity index (χ0n) is 31.1. The molecule has 0 rings (SSSR count). The van der Waals surface area contributed by atoms with Crippen LogP contribution >= 0.6 is 0 Å². The lowest BCUT2D eigenvalue weighted by Crippen LogP contribution is -2.18. The molecule has 44 heavy (non-hydrogen) atoms. The first-order chi connectivity index (χ1) is 21.8. The van der Waals surface area contributed by atoms with Crippen LogP contribution in [0.3, 0.4) is 0 Å². The summed E-state index contributed by atoms with van der Waals surface area (Å²) in [5.74, 6) is 0.257. The lowest BCUT2D eigenvalue weighted by molar-refractivity contribution is -0.149. The Bertz CT molecular complexity index is 530. The summed E-state index contributed by atoms with van der Waals surface area (Å²) in [6, 6.07) is 0. The summed E-state index contributed by atoms with van der Waals surface area (Å²) in [4.78, 5) is 13.0. The molecule has 0 saturated heterocycles. The van der Waals surface area contributed by atoms with Gasteiger partial charge in [0.1, 0.15) is 0 Å². The summed E-state index contributed by atoms with van der Waals surface area (Å²) in [7, 11) is 0. The van der Waals surface area contributed by atoms with Gasteiger partial charge in [0.25, 0.3) is 0 Å². The van der Waals surface area contributed by atoms with Crippen molar-refractivity contribution in [2.24, 2.45) is 5.92 Å². The molecular formula is C42H84O2. The molecule has 0 N–H and O–H groups in total. The van der Waals surface area contributed by atoms with Gasteiger partial charge in [-0.05, 0) is 19.3 Å². The monoisotopic (exact) mass is 621 g/mol. The first-order valence-electron chi connectivity index (χ1n) is 20.9. The number of esters is 1. The summed E-state index contributed by atoms with van der Waals surface area (Å²) >= 11 is 0. The van der Waals surface area contributed by atoms with Gasteiger partial charge in [-0.3, -0.25) is 4.79 Å². The minimum absolute atomic E-state index is 0.114. The van der Waals surface area contributed by atoms with E-state index in [1.165, 1.54) is 212 Å². The highest BCUT2D eigenvalue weighted by Crippen LogP contribution is 2.22. The highest BCUT2D eigenvalue weighted by atomic mass is 16.5. The lowest BCUT2D eigenvalue weighted by Gasteiger charge is -2.16. The number of hydrogen-bond donors (Lipinski definition) is 0. The molecule has 0 fully saturated rings. The van der Waals surface area contributed by atoms with Gasteiger partial charge >= 0.3 is 5.97 Å². The Morgan fingerprint density at radius 2 is 0.568 bits per heavy atom. The van der Waals surface area contributed by atoms with Crippen molar-refractivity contribution in [3.8, 4) is 0 Å². The Morgan fingerprint density at radius 1 is 0.341 bits per heavy atom. The molecule has 0 amide bonds. The first kappa shape index (κ1) is 43.5. The van der Waals surface area contributed by atoms with E-state index in [9.17, 15) is 4.79 Å². The van der Waals surface area contributed by atoms with E-state index in [0.29, 0.717) is 6.61 Å². The van der Waals surface area contributed by atoms with Crippen LogP contribution in [0.2, 0.25) is 0 Å². The Morgan fingerprint density at radius 3 is 0.841 bits per heavy atom. The van der Waals surface area contributed by atoms with E-state index in [4.69, 9.17) is 4.74 Å². The van der Waals surface area contributed by atoms with Gasteiger partial charge in [0.05, 0.1) is 12.5 Å². The molecule has 0 heterocycles. The first-order valence-corrected chi connectivity index (χ1v) is 20.9. The molecule has 0 aromatic carbocycles. The predicted molar refractivity (Wildman–Crippen MR) is 198 cm³/mol. The topological polar surface area (TPSA) is 26.3 Å². The van der Waals surface area contributed by atoms with Gasteiger partial charge in [0.15, 0.2) is 0 Å². The van der Waals surface area contributed by atoms with Crippen LogP contribution in [-0.4, -0.2) is 12.6 Å². The van der Waals surface area contributed by atoms with Crippen molar-refractivity contribution in [1.29, 1.82) is 0 Å². The maximum atomic E-state index is 13.0. The van der Waals surface area contributed by atoms with E-state index in [0.717, 1.165) is 19.3 Å². The second kappa shape index (κ2) is 38.7. The van der Waals surface area contributed by atoms with Crippen LogP contribution in [0.25, 0.3) is 0 Å². The van der Waals surface area contributed by atoms with Gasteiger partial charge in [-0.25, -0.2) is 0 Å². The van der Waals surface area contributed by atoms with Crippen LogP contribution in [0.1, 0.15) is 252 Å². The summed E-state index contributed by atoms with van der Waals surface area (Å²) in [6.07, 6.45) is 48.4. The molecule has 264 valence electrons. The van der Waals surface area contributed by atoms with Crippen molar-refractivity contribution < 1.29 is 9.53 Å². The molecule has 1 atom stereocenters. The maximum absolute atomic E-state index is 13.0. The van der Waals surface area contributed by atoms with Crippen LogP contribution in [0.5, 0.6) is 0 Å². The fourth-order valence-corrected chi connectivity index (χ4v) is 6.72. The van der Waals surface area contributed by atoms with Crippen LogP contribution in [0, 0.1) is 5.92 Å². The number of carbonyl (C=O) groups excluding carboxylic acids is 1. The molecule has 0 radical (unpaired) electrons. The summed E-state index contributed by atoms with van der Waals surface area (Å²) in [5.41, 5.74) is 0. The average Bonchev–Trinajstić information content (AvgIpc) is 3.03. The molecule has 1 unspecified atom stereocenters. The van der Waals surface area contributed by atoms with Crippen molar-refractivity contribution in [3.63, 3.8) is 0 Å². The fraction of sp³-hybridized carbons (Fsp3) is 0.976. The normalized spacial score (nSPS) is 12.2. The van der Waals surface area contributed by atoms with Gasteiger partial charge in [-0.2, -0.15) is 0 Å². The van der Waals surface area contributed by atoms with Gasteiger partial charge < -0.3 is 4.74 Å². The van der Waals surface area contributed by atoms with Crippen molar-refractivity contribution in [1.82, 2.24) is 0 Å². The molecular weight excluding hydrogens is 536 g/mol. The van der Waals surface area contributed by atoms with Crippen LogP contribution < -0.4 is 0 Å². The zero-order chi connectivity index (χ0) is 32.0. The van der Waals surface area contributed by atoms with E-state index in [1.54, 1.807) is 0 Å². The van der Waals surface area contributed by atoms with E-state index in [2.05, 4.69) is 20.8 Å². The summed E-state index contributed by atoms with van der Waals surface area (Å²) in [6.45, 7) is 7.51. The molecule has 0 aliphatic carbocycles. The quantitative estimate of drug-likeness (QED) is 0.0507. The molecule has 0 aliphatic rings. The van der Waals surface area contributed by atoms with Gasteiger partial charge in [-0.1, -0.05) is 233 Å². The highest BCUT2D eigenvalue weighted by Gasteiger charge is 2.19. The number of carbonyl (C=O) groups is 1. The molecule has 0 aliphatic heterocycles. The number of unbranched alkanes of at least 4 members (excludes halogenated alkanes) is 31. The fourth-order valence-electron chi connectivity index (χ4n) is 6.72. The van der Waals surface area contributed by atoms with Crippen molar-refractivity contribution >= 4 is 5.97 Å². The second-order valence-electron chi connectivity index (χ2n) is 14.4. The van der Waals surface area contributed by atoms with Crippen molar-refractivity contribution in [2.45, 2.75) is 252 Å². The molecule has 2 nitrogen and oxygen atoms in total.